The number of rotatable bonds is 2. The van der Waals surface area contributed by atoms with Crippen LogP contribution in [0, 0.1) is 6.92 Å². The van der Waals surface area contributed by atoms with E-state index < -0.39 is 23.1 Å². The summed E-state index contributed by atoms with van der Waals surface area (Å²) in [4.78, 5) is 37.6. The van der Waals surface area contributed by atoms with Crippen molar-refractivity contribution in [3.63, 3.8) is 0 Å². The fraction of sp³-hybridized carbons (Fsp3) is 0.235. The Kier molecular flexibility index (Phi) is 4.48. The van der Waals surface area contributed by atoms with Gasteiger partial charge in [-0.05, 0) is 44.3 Å². The second-order valence-electron chi connectivity index (χ2n) is 5.58. The molecule has 1 N–H and O–H groups in total. The number of carbonyl (C=O) groups excluding carboxylic acids is 3. The highest BCUT2D eigenvalue weighted by molar-refractivity contribution is 9.11. The van der Waals surface area contributed by atoms with Gasteiger partial charge in [0.15, 0.2) is 17.3 Å². The minimum atomic E-state index is -2.05. The molecular formula is C17H12Br2O7. The van der Waals surface area contributed by atoms with Gasteiger partial charge >= 0.3 is 5.97 Å². The largest absolute Gasteiger partial charge is 0.506 e. The average Bonchev–Trinajstić information content (AvgIpc) is 2.93. The molecule has 9 heteroatoms. The van der Waals surface area contributed by atoms with Gasteiger partial charge in [0.1, 0.15) is 16.9 Å². The Bertz CT molecular complexity index is 945. The van der Waals surface area contributed by atoms with Gasteiger partial charge < -0.3 is 19.3 Å². The van der Waals surface area contributed by atoms with Crippen LogP contribution in [0.15, 0.2) is 32.4 Å². The van der Waals surface area contributed by atoms with Crippen LogP contribution < -0.4 is 4.74 Å². The van der Waals surface area contributed by atoms with Crippen LogP contribution in [-0.4, -0.2) is 42.5 Å². The molecule has 3 rings (SSSR count). The number of aromatic hydroxyl groups is 1. The maximum Gasteiger partial charge on any atom is 0.338 e. The van der Waals surface area contributed by atoms with E-state index in [1.807, 2.05) is 0 Å². The molecule has 1 heterocycles. The predicted molar refractivity (Wildman–Crippen MR) is 96.1 cm³/mol. The lowest BCUT2D eigenvalue weighted by Gasteiger charge is -2.31. The third kappa shape index (κ3) is 2.26. The van der Waals surface area contributed by atoms with Crippen molar-refractivity contribution >= 4 is 49.4 Å². The number of Topliss-reactive ketones (excluding diaryl/α,β-unsaturated/α-hetero) is 1. The number of ether oxygens (including phenoxy) is 3. The number of phenolic OH excluding ortho intramolecular Hbond substituents is 1. The minimum absolute atomic E-state index is 0.0419. The number of methoxy groups -OCH3 is 2. The lowest BCUT2D eigenvalue weighted by atomic mass is 9.81. The Morgan fingerprint density at radius 2 is 1.85 bits per heavy atom. The summed E-state index contributed by atoms with van der Waals surface area (Å²) in [6.07, 6.45) is 2.02. The van der Waals surface area contributed by atoms with Gasteiger partial charge in [0.2, 0.25) is 5.78 Å². The van der Waals surface area contributed by atoms with Crippen molar-refractivity contribution in [3.8, 4) is 11.5 Å². The molecule has 1 spiro atoms. The van der Waals surface area contributed by atoms with Crippen molar-refractivity contribution in [2.45, 2.75) is 12.5 Å². The smallest absolute Gasteiger partial charge is 0.338 e. The molecule has 0 saturated heterocycles. The third-order valence-electron chi connectivity index (χ3n) is 4.24. The van der Waals surface area contributed by atoms with E-state index in [2.05, 4.69) is 31.9 Å². The molecule has 1 aromatic carbocycles. The number of halogens is 2. The van der Waals surface area contributed by atoms with Gasteiger partial charge in [-0.15, -0.1) is 0 Å². The van der Waals surface area contributed by atoms with Crippen LogP contribution in [0.5, 0.6) is 11.5 Å². The Morgan fingerprint density at radius 3 is 2.42 bits per heavy atom. The van der Waals surface area contributed by atoms with Crippen LogP contribution in [0.4, 0.5) is 0 Å². The van der Waals surface area contributed by atoms with Crippen molar-refractivity contribution in [3.05, 3.63) is 43.6 Å². The first-order valence-corrected chi connectivity index (χ1v) is 8.84. The summed E-state index contributed by atoms with van der Waals surface area (Å²) in [5.74, 6) is -2.69. The molecule has 0 unspecified atom stereocenters. The topological polar surface area (TPSA) is 99.1 Å². The van der Waals surface area contributed by atoms with Gasteiger partial charge in [-0.3, -0.25) is 9.59 Å². The van der Waals surface area contributed by atoms with Crippen LogP contribution in [0.3, 0.4) is 0 Å². The first-order chi connectivity index (χ1) is 12.2. The molecule has 0 amide bonds. The van der Waals surface area contributed by atoms with Gasteiger partial charge in [0.05, 0.1) is 23.2 Å². The quantitative estimate of drug-likeness (QED) is 0.640. The fourth-order valence-corrected chi connectivity index (χ4v) is 4.10. The van der Waals surface area contributed by atoms with E-state index in [0.717, 1.165) is 19.3 Å². The van der Waals surface area contributed by atoms with Crippen molar-refractivity contribution in [2.24, 2.45) is 0 Å². The van der Waals surface area contributed by atoms with Crippen molar-refractivity contribution in [2.75, 3.05) is 14.2 Å². The molecule has 1 aliphatic carbocycles. The lowest BCUT2D eigenvalue weighted by Crippen LogP contribution is -2.49. The highest BCUT2D eigenvalue weighted by Gasteiger charge is 2.61. The minimum Gasteiger partial charge on any atom is -0.506 e. The molecule has 0 fully saturated rings. The van der Waals surface area contributed by atoms with E-state index >= 15 is 0 Å². The van der Waals surface area contributed by atoms with E-state index in [1.54, 1.807) is 6.92 Å². The molecule has 7 nitrogen and oxygen atoms in total. The highest BCUT2D eigenvalue weighted by atomic mass is 79.9. The molecule has 0 aromatic heterocycles. The van der Waals surface area contributed by atoms with E-state index in [4.69, 9.17) is 14.2 Å². The number of hydrogen-bond donors (Lipinski definition) is 1. The summed E-state index contributed by atoms with van der Waals surface area (Å²) in [6, 6.07) is 0. The summed E-state index contributed by atoms with van der Waals surface area (Å²) in [5.41, 5.74) is -1.93. The molecule has 1 aromatic rings. The Hall–Kier alpha value is -2.13. The summed E-state index contributed by atoms with van der Waals surface area (Å²) >= 11 is 6.57. The molecular weight excluding hydrogens is 476 g/mol. The zero-order valence-corrected chi connectivity index (χ0v) is 17.0. The van der Waals surface area contributed by atoms with E-state index in [-0.39, 0.29) is 28.4 Å². The van der Waals surface area contributed by atoms with Crippen molar-refractivity contribution in [1.82, 2.24) is 0 Å². The highest BCUT2D eigenvalue weighted by Crippen LogP contribution is 2.54. The molecule has 26 heavy (non-hydrogen) atoms. The first kappa shape index (κ1) is 18.7. The van der Waals surface area contributed by atoms with E-state index in [1.165, 1.54) is 7.11 Å². The van der Waals surface area contributed by atoms with Crippen LogP contribution in [0.2, 0.25) is 0 Å². The molecule has 1 atom stereocenters. The zero-order chi connectivity index (χ0) is 19.4. The van der Waals surface area contributed by atoms with Crippen molar-refractivity contribution in [1.29, 1.82) is 0 Å². The number of carbonyl (C=O) groups is 3. The fourth-order valence-electron chi connectivity index (χ4n) is 2.96. The van der Waals surface area contributed by atoms with E-state index in [9.17, 15) is 19.5 Å². The molecule has 0 saturated carbocycles. The molecule has 2 aliphatic rings. The van der Waals surface area contributed by atoms with Gasteiger partial charge in [-0.25, -0.2) is 4.79 Å². The van der Waals surface area contributed by atoms with Gasteiger partial charge in [0, 0.05) is 12.2 Å². The molecule has 1 aliphatic heterocycles. The van der Waals surface area contributed by atoms with Gasteiger partial charge in [0.25, 0.3) is 5.60 Å². The Morgan fingerprint density at radius 1 is 1.19 bits per heavy atom. The summed E-state index contributed by atoms with van der Waals surface area (Å²) in [7, 11) is 2.36. The number of esters is 1. The molecule has 0 radical (unpaired) electrons. The summed E-state index contributed by atoms with van der Waals surface area (Å²) in [6.45, 7) is 1.70. The number of fused-ring (bicyclic) bond motifs is 1. The zero-order valence-electron chi connectivity index (χ0n) is 13.8. The van der Waals surface area contributed by atoms with Crippen molar-refractivity contribution < 1.29 is 33.7 Å². The molecule has 136 valence electrons. The maximum atomic E-state index is 13.3. The van der Waals surface area contributed by atoms with Gasteiger partial charge in [-0.2, -0.15) is 0 Å². The van der Waals surface area contributed by atoms with Gasteiger partial charge in [-0.1, -0.05) is 0 Å². The van der Waals surface area contributed by atoms with Crippen LogP contribution in [-0.2, 0) is 19.1 Å². The monoisotopic (exact) mass is 486 g/mol. The number of benzene rings is 1. The average molecular weight is 488 g/mol. The lowest BCUT2D eigenvalue weighted by molar-refractivity contribution is -0.138. The number of hydrogen-bond acceptors (Lipinski definition) is 7. The number of ketones is 2. The first-order valence-electron chi connectivity index (χ1n) is 7.25. The van der Waals surface area contributed by atoms with Crippen LogP contribution >= 0.6 is 31.9 Å². The van der Waals surface area contributed by atoms with E-state index in [0.29, 0.717) is 14.5 Å². The Labute approximate surface area is 164 Å². The summed E-state index contributed by atoms with van der Waals surface area (Å²) < 4.78 is 16.5. The SMILES string of the molecule is COC(=O)C1=CC(=O)C=C(OC)[C@]12Oc1c(Br)c(C)c(Br)c(O)c1C2=O. The second-order valence-corrected chi connectivity index (χ2v) is 7.17. The Balaban J connectivity index is 2.35. The molecule has 0 bridgehead atoms. The van der Waals surface area contributed by atoms with Crippen LogP contribution in [0.25, 0.3) is 0 Å². The maximum absolute atomic E-state index is 13.3. The normalized spacial score (nSPS) is 21.1. The third-order valence-corrected chi connectivity index (χ3v) is 6.17. The second kappa shape index (κ2) is 6.24. The summed E-state index contributed by atoms with van der Waals surface area (Å²) in [5, 5.41) is 10.5. The standard InChI is InChI=1S/C17H12Br2O7/c1-6-11(18)13(21)10-14(12(6)19)26-17(15(10)22)8(16(23)25-3)4-7(20)5-9(17)24-2/h4-5,21H,1-3H3/t17-/m1/s1. The van der Waals surface area contributed by atoms with Crippen LogP contribution in [0.1, 0.15) is 15.9 Å². The number of allylic oxidation sites excluding steroid dienone is 2. The predicted octanol–water partition coefficient (Wildman–Crippen LogP) is 2.75. The number of phenols is 1.